The summed E-state index contributed by atoms with van der Waals surface area (Å²) in [7, 11) is 1.36. The maximum absolute atomic E-state index is 12.3. The quantitative estimate of drug-likeness (QED) is 0.614. The van der Waals surface area contributed by atoms with E-state index in [1.807, 2.05) is 61.5 Å². The first kappa shape index (κ1) is 19.2. The minimum atomic E-state index is -0.379. The lowest BCUT2D eigenvalue weighted by Gasteiger charge is -2.10. The summed E-state index contributed by atoms with van der Waals surface area (Å²) in [5, 5.41) is 6.14. The van der Waals surface area contributed by atoms with E-state index in [2.05, 4.69) is 10.6 Å². The molecule has 0 fully saturated rings. The fourth-order valence-electron chi connectivity index (χ4n) is 2.83. The van der Waals surface area contributed by atoms with Gasteiger partial charge >= 0.3 is 5.97 Å². The lowest BCUT2D eigenvalue weighted by atomic mass is 10.1. The van der Waals surface area contributed by atoms with E-state index in [4.69, 9.17) is 4.74 Å². The predicted octanol–water partition coefficient (Wildman–Crippen LogP) is 4.71. The molecular weight excluding hydrogens is 352 g/mol. The zero-order valence-corrected chi connectivity index (χ0v) is 15.9. The molecule has 0 radical (unpaired) electrons. The van der Waals surface area contributed by atoms with Crippen molar-refractivity contribution in [2.45, 2.75) is 13.3 Å². The molecule has 5 nitrogen and oxygen atoms in total. The molecule has 0 aromatic heterocycles. The number of esters is 1. The van der Waals surface area contributed by atoms with Gasteiger partial charge in [-0.05, 0) is 60.5 Å². The lowest BCUT2D eigenvalue weighted by molar-refractivity contribution is -0.115. The van der Waals surface area contributed by atoms with Crippen LogP contribution in [0.25, 0.3) is 0 Å². The van der Waals surface area contributed by atoms with Gasteiger partial charge in [-0.2, -0.15) is 0 Å². The Bertz CT molecular complexity index is 981. The second kappa shape index (κ2) is 8.86. The van der Waals surface area contributed by atoms with E-state index in [0.29, 0.717) is 12.0 Å². The van der Waals surface area contributed by atoms with Gasteiger partial charge in [-0.25, -0.2) is 4.79 Å². The van der Waals surface area contributed by atoms with Crippen LogP contribution < -0.4 is 10.6 Å². The minimum Gasteiger partial charge on any atom is -0.465 e. The van der Waals surface area contributed by atoms with Crippen molar-refractivity contribution in [1.82, 2.24) is 0 Å². The van der Waals surface area contributed by atoms with Gasteiger partial charge in [-0.3, -0.25) is 4.79 Å². The number of carbonyl (C=O) groups is 2. The van der Waals surface area contributed by atoms with Crippen LogP contribution in [0.3, 0.4) is 0 Å². The number of amides is 1. The molecule has 0 unspecified atom stereocenters. The number of aryl methyl sites for hydroxylation is 1. The highest BCUT2D eigenvalue weighted by molar-refractivity contribution is 5.93. The maximum Gasteiger partial charge on any atom is 0.337 e. The molecular formula is C23H22N2O3. The molecule has 0 spiro atoms. The van der Waals surface area contributed by atoms with Crippen LogP contribution in [0.2, 0.25) is 0 Å². The Labute approximate surface area is 164 Å². The molecule has 0 aliphatic heterocycles. The molecule has 0 bridgehead atoms. The largest absolute Gasteiger partial charge is 0.465 e. The number of ether oxygens (including phenoxy) is 1. The highest BCUT2D eigenvalue weighted by Gasteiger charge is 2.07. The molecule has 2 N–H and O–H groups in total. The van der Waals surface area contributed by atoms with Crippen LogP contribution >= 0.6 is 0 Å². The zero-order valence-electron chi connectivity index (χ0n) is 15.9. The molecule has 0 saturated carbocycles. The molecule has 3 aromatic carbocycles. The maximum atomic E-state index is 12.3. The van der Waals surface area contributed by atoms with Crippen LogP contribution in [0.5, 0.6) is 0 Å². The summed E-state index contributed by atoms with van der Waals surface area (Å²) >= 11 is 0. The molecule has 28 heavy (non-hydrogen) atoms. The molecule has 0 atom stereocenters. The summed E-state index contributed by atoms with van der Waals surface area (Å²) < 4.78 is 4.74. The number of hydrogen-bond donors (Lipinski definition) is 2. The summed E-state index contributed by atoms with van der Waals surface area (Å²) in [6, 6.07) is 22.3. The van der Waals surface area contributed by atoms with Crippen LogP contribution in [0.15, 0.2) is 72.8 Å². The van der Waals surface area contributed by atoms with Crippen molar-refractivity contribution in [2.24, 2.45) is 0 Å². The molecule has 1 amide bonds. The fourth-order valence-corrected chi connectivity index (χ4v) is 2.83. The van der Waals surface area contributed by atoms with E-state index in [0.717, 1.165) is 28.2 Å². The van der Waals surface area contributed by atoms with Crippen LogP contribution in [0.4, 0.5) is 17.1 Å². The summed E-state index contributed by atoms with van der Waals surface area (Å²) in [5.41, 5.74) is 4.95. The van der Waals surface area contributed by atoms with Crippen LogP contribution in [-0.4, -0.2) is 19.0 Å². The minimum absolute atomic E-state index is 0.0548. The molecule has 0 saturated heterocycles. The Hall–Kier alpha value is -3.60. The van der Waals surface area contributed by atoms with E-state index >= 15 is 0 Å². The smallest absolute Gasteiger partial charge is 0.337 e. The monoisotopic (exact) mass is 374 g/mol. The van der Waals surface area contributed by atoms with Crippen LogP contribution in [0.1, 0.15) is 21.5 Å². The van der Waals surface area contributed by atoms with Gasteiger partial charge in [0, 0.05) is 17.1 Å². The Morgan fingerprint density at radius 3 is 2.29 bits per heavy atom. The highest BCUT2D eigenvalue weighted by Crippen LogP contribution is 2.20. The van der Waals surface area contributed by atoms with Crippen molar-refractivity contribution in [3.63, 3.8) is 0 Å². The van der Waals surface area contributed by atoms with E-state index in [-0.39, 0.29) is 11.9 Å². The number of nitrogens with one attached hydrogen (secondary N) is 2. The lowest BCUT2D eigenvalue weighted by Crippen LogP contribution is -2.14. The number of methoxy groups -OCH3 is 1. The Balaban J connectivity index is 1.61. The second-order valence-corrected chi connectivity index (χ2v) is 6.43. The van der Waals surface area contributed by atoms with Crippen molar-refractivity contribution < 1.29 is 14.3 Å². The standard InChI is InChI=1S/C23H22N2O3/c1-16-6-3-4-7-17(16)15-22(26)25-20-12-10-19(11-13-20)24-21-9-5-8-18(14-21)23(27)28-2/h3-14,24H,15H2,1-2H3,(H,25,26). The third-order valence-corrected chi connectivity index (χ3v) is 4.35. The average Bonchev–Trinajstić information content (AvgIpc) is 2.71. The molecule has 0 aliphatic carbocycles. The molecule has 142 valence electrons. The molecule has 3 rings (SSSR count). The van der Waals surface area contributed by atoms with Crippen LogP contribution in [0, 0.1) is 6.92 Å². The summed E-state index contributed by atoms with van der Waals surface area (Å²) in [5.74, 6) is -0.434. The molecule has 5 heteroatoms. The first-order valence-corrected chi connectivity index (χ1v) is 8.95. The third kappa shape index (κ3) is 4.98. The van der Waals surface area contributed by atoms with Crippen molar-refractivity contribution in [2.75, 3.05) is 17.7 Å². The van der Waals surface area contributed by atoms with E-state index < -0.39 is 0 Å². The number of benzene rings is 3. The SMILES string of the molecule is COC(=O)c1cccc(Nc2ccc(NC(=O)Cc3ccccc3C)cc2)c1. The van der Waals surface area contributed by atoms with Gasteiger partial charge in [-0.1, -0.05) is 30.3 Å². The zero-order chi connectivity index (χ0) is 19.9. The van der Waals surface area contributed by atoms with E-state index in [9.17, 15) is 9.59 Å². The predicted molar refractivity (Wildman–Crippen MR) is 111 cm³/mol. The third-order valence-electron chi connectivity index (χ3n) is 4.35. The van der Waals surface area contributed by atoms with Crippen molar-refractivity contribution in [3.8, 4) is 0 Å². The van der Waals surface area contributed by atoms with Crippen LogP contribution in [-0.2, 0) is 16.0 Å². The number of hydrogen-bond acceptors (Lipinski definition) is 4. The normalized spacial score (nSPS) is 10.2. The van der Waals surface area contributed by atoms with Gasteiger partial charge in [-0.15, -0.1) is 0 Å². The fraction of sp³-hybridized carbons (Fsp3) is 0.130. The second-order valence-electron chi connectivity index (χ2n) is 6.43. The van der Waals surface area contributed by atoms with Gasteiger partial charge in [0.2, 0.25) is 5.91 Å². The van der Waals surface area contributed by atoms with E-state index in [1.165, 1.54) is 7.11 Å². The number of anilines is 3. The molecule has 3 aromatic rings. The van der Waals surface area contributed by atoms with Gasteiger partial charge in [0.1, 0.15) is 0 Å². The number of rotatable bonds is 6. The Morgan fingerprint density at radius 1 is 0.857 bits per heavy atom. The molecule has 0 heterocycles. The average molecular weight is 374 g/mol. The van der Waals surface area contributed by atoms with Gasteiger partial charge < -0.3 is 15.4 Å². The van der Waals surface area contributed by atoms with E-state index in [1.54, 1.807) is 18.2 Å². The topological polar surface area (TPSA) is 67.4 Å². The van der Waals surface area contributed by atoms with Gasteiger partial charge in [0.05, 0.1) is 19.1 Å². The summed E-state index contributed by atoms with van der Waals surface area (Å²) in [4.78, 5) is 23.9. The number of carbonyl (C=O) groups excluding carboxylic acids is 2. The van der Waals surface area contributed by atoms with Gasteiger partial charge in [0.15, 0.2) is 0 Å². The summed E-state index contributed by atoms with van der Waals surface area (Å²) in [6.07, 6.45) is 0.340. The Morgan fingerprint density at radius 2 is 1.57 bits per heavy atom. The summed E-state index contributed by atoms with van der Waals surface area (Å²) in [6.45, 7) is 2.00. The van der Waals surface area contributed by atoms with Crippen molar-refractivity contribution >= 4 is 28.9 Å². The highest BCUT2D eigenvalue weighted by atomic mass is 16.5. The first-order valence-electron chi connectivity index (χ1n) is 8.95. The van der Waals surface area contributed by atoms with Gasteiger partial charge in [0.25, 0.3) is 0 Å². The first-order chi connectivity index (χ1) is 13.5. The van der Waals surface area contributed by atoms with Crippen molar-refractivity contribution in [3.05, 3.63) is 89.5 Å². The Kier molecular flexibility index (Phi) is 6.07. The van der Waals surface area contributed by atoms with Crippen molar-refractivity contribution in [1.29, 1.82) is 0 Å². The molecule has 0 aliphatic rings.